The van der Waals surface area contributed by atoms with Gasteiger partial charge in [0, 0.05) is 17.7 Å². The molecule has 0 unspecified atom stereocenters. The van der Waals surface area contributed by atoms with Crippen molar-refractivity contribution in [3.05, 3.63) is 101 Å². The maximum Gasteiger partial charge on any atom is 0.271 e. The fourth-order valence-electron chi connectivity index (χ4n) is 3.30. The Hall–Kier alpha value is -3.58. The molecule has 1 atom stereocenters. The second-order valence-corrected chi connectivity index (χ2v) is 8.12. The summed E-state index contributed by atoms with van der Waals surface area (Å²) < 4.78 is 0. The molecule has 0 saturated carbocycles. The fourth-order valence-corrected chi connectivity index (χ4v) is 4.49. The van der Waals surface area contributed by atoms with E-state index in [1.807, 2.05) is 47.4 Å². The molecule has 6 nitrogen and oxygen atoms in total. The summed E-state index contributed by atoms with van der Waals surface area (Å²) in [6.07, 6.45) is 1.39. The standard InChI is InChI=1S/C24H21N3O3S/c28-21-9-5-4-8-20(21)14-25-26-23(30)18-10-12-19(13-11-18)24-27(22(29)16-31-24)15-17-6-2-1-3-7-17/h1-14,24,28H,15-16H2,(H,26,30)/b25-14-/t24-/m1/s1. The molecule has 1 aliphatic rings. The van der Waals surface area contributed by atoms with Gasteiger partial charge in [0.05, 0.1) is 12.0 Å². The Kier molecular flexibility index (Phi) is 6.33. The van der Waals surface area contributed by atoms with Crippen LogP contribution in [0, 0.1) is 0 Å². The summed E-state index contributed by atoms with van der Waals surface area (Å²) in [7, 11) is 0. The van der Waals surface area contributed by atoms with Gasteiger partial charge < -0.3 is 10.0 Å². The van der Waals surface area contributed by atoms with Crippen LogP contribution in [-0.2, 0) is 11.3 Å². The van der Waals surface area contributed by atoms with Gasteiger partial charge in [-0.3, -0.25) is 9.59 Å². The van der Waals surface area contributed by atoms with Gasteiger partial charge in [-0.2, -0.15) is 5.10 Å². The number of benzene rings is 3. The number of phenols is 1. The molecular formula is C24H21N3O3S. The van der Waals surface area contributed by atoms with Crippen molar-refractivity contribution < 1.29 is 14.7 Å². The van der Waals surface area contributed by atoms with Crippen molar-refractivity contribution in [2.24, 2.45) is 5.10 Å². The predicted octanol–water partition coefficient (Wildman–Crippen LogP) is 3.93. The Morgan fingerprint density at radius 1 is 1.06 bits per heavy atom. The first kappa shape index (κ1) is 20.7. The van der Waals surface area contributed by atoms with Gasteiger partial charge in [0.2, 0.25) is 5.91 Å². The van der Waals surface area contributed by atoms with E-state index < -0.39 is 0 Å². The van der Waals surface area contributed by atoms with E-state index >= 15 is 0 Å². The van der Waals surface area contributed by atoms with E-state index in [0.717, 1.165) is 11.1 Å². The normalized spacial score (nSPS) is 16.1. The first-order valence-electron chi connectivity index (χ1n) is 9.78. The zero-order valence-electron chi connectivity index (χ0n) is 16.6. The summed E-state index contributed by atoms with van der Waals surface area (Å²) in [4.78, 5) is 26.6. The maximum atomic E-state index is 12.4. The molecule has 7 heteroatoms. The van der Waals surface area contributed by atoms with Crippen molar-refractivity contribution in [2.45, 2.75) is 11.9 Å². The summed E-state index contributed by atoms with van der Waals surface area (Å²) in [5.74, 6) is 0.294. The molecule has 3 aromatic rings. The van der Waals surface area contributed by atoms with Crippen molar-refractivity contribution in [1.82, 2.24) is 10.3 Å². The van der Waals surface area contributed by atoms with Crippen molar-refractivity contribution in [1.29, 1.82) is 0 Å². The number of hydrogen-bond donors (Lipinski definition) is 2. The number of nitrogens with zero attached hydrogens (tertiary/aromatic N) is 2. The Balaban J connectivity index is 1.41. The van der Waals surface area contributed by atoms with Crippen LogP contribution in [0.1, 0.15) is 32.4 Å². The highest BCUT2D eigenvalue weighted by molar-refractivity contribution is 8.00. The molecule has 0 aromatic heterocycles. The number of phenolic OH excluding ortho intramolecular Hbond substituents is 1. The van der Waals surface area contributed by atoms with Crippen LogP contribution in [0.2, 0.25) is 0 Å². The fraction of sp³-hybridized carbons (Fsp3) is 0.125. The molecule has 0 radical (unpaired) electrons. The number of carbonyl (C=O) groups is 2. The number of hydrogen-bond acceptors (Lipinski definition) is 5. The second kappa shape index (κ2) is 9.49. The summed E-state index contributed by atoms with van der Waals surface area (Å²) in [5, 5.41) is 13.6. The Bertz CT molecular complexity index is 1100. The van der Waals surface area contributed by atoms with Gasteiger partial charge in [-0.05, 0) is 35.4 Å². The van der Waals surface area contributed by atoms with Crippen LogP contribution in [0.15, 0.2) is 84.0 Å². The lowest BCUT2D eigenvalue weighted by Gasteiger charge is -2.24. The summed E-state index contributed by atoms with van der Waals surface area (Å²) in [5.41, 5.74) is 5.49. The zero-order chi connectivity index (χ0) is 21.6. The van der Waals surface area contributed by atoms with Crippen LogP contribution in [0.3, 0.4) is 0 Å². The molecule has 1 aliphatic heterocycles. The lowest BCUT2D eigenvalue weighted by atomic mass is 10.1. The molecule has 3 aromatic carbocycles. The maximum absolute atomic E-state index is 12.4. The second-order valence-electron chi connectivity index (χ2n) is 7.05. The minimum absolute atomic E-state index is 0.0797. The number of aromatic hydroxyl groups is 1. The third-order valence-electron chi connectivity index (χ3n) is 4.93. The monoisotopic (exact) mass is 431 g/mol. The quantitative estimate of drug-likeness (QED) is 0.458. The van der Waals surface area contributed by atoms with Gasteiger partial charge in [-0.15, -0.1) is 11.8 Å². The number of hydrazone groups is 1. The molecule has 0 spiro atoms. The lowest BCUT2D eigenvalue weighted by Crippen LogP contribution is -2.27. The average molecular weight is 432 g/mol. The van der Waals surface area contributed by atoms with Gasteiger partial charge >= 0.3 is 0 Å². The number of nitrogens with one attached hydrogen (secondary N) is 1. The molecule has 31 heavy (non-hydrogen) atoms. The van der Waals surface area contributed by atoms with Gasteiger partial charge in [0.25, 0.3) is 5.91 Å². The summed E-state index contributed by atoms with van der Waals surface area (Å²) in [6, 6.07) is 23.8. The molecule has 0 bridgehead atoms. The molecule has 156 valence electrons. The van der Waals surface area contributed by atoms with Gasteiger partial charge in [-0.25, -0.2) is 5.43 Å². The van der Waals surface area contributed by atoms with E-state index in [1.165, 1.54) is 6.21 Å². The Morgan fingerprint density at radius 2 is 1.77 bits per heavy atom. The van der Waals surface area contributed by atoms with Crippen molar-refractivity contribution >= 4 is 29.8 Å². The molecule has 4 rings (SSSR count). The van der Waals surface area contributed by atoms with Crippen LogP contribution in [-0.4, -0.2) is 33.8 Å². The van der Waals surface area contributed by atoms with Crippen molar-refractivity contribution in [3.8, 4) is 5.75 Å². The van der Waals surface area contributed by atoms with Gasteiger partial charge in [0.15, 0.2) is 0 Å². The minimum atomic E-state index is -0.352. The number of para-hydroxylation sites is 1. The summed E-state index contributed by atoms with van der Waals surface area (Å²) in [6.45, 7) is 0.556. The lowest BCUT2D eigenvalue weighted by molar-refractivity contribution is -0.128. The number of rotatable bonds is 6. The average Bonchev–Trinajstić information content (AvgIpc) is 3.16. The molecular weight excluding hydrogens is 410 g/mol. The highest BCUT2D eigenvalue weighted by Gasteiger charge is 2.32. The topological polar surface area (TPSA) is 82.0 Å². The van der Waals surface area contributed by atoms with Crippen LogP contribution in [0.25, 0.3) is 0 Å². The largest absolute Gasteiger partial charge is 0.507 e. The van der Waals surface area contributed by atoms with E-state index in [9.17, 15) is 14.7 Å². The first-order valence-corrected chi connectivity index (χ1v) is 10.8. The predicted molar refractivity (Wildman–Crippen MR) is 122 cm³/mol. The van der Waals surface area contributed by atoms with Crippen LogP contribution >= 0.6 is 11.8 Å². The van der Waals surface area contributed by atoms with Gasteiger partial charge in [-0.1, -0.05) is 54.6 Å². The SMILES string of the molecule is O=C(N/N=C\c1ccccc1O)c1ccc([C@H]2SCC(=O)N2Cc2ccccc2)cc1. The minimum Gasteiger partial charge on any atom is -0.507 e. The molecule has 1 heterocycles. The van der Waals surface area contributed by atoms with Crippen molar-refractivity contribution in [2.75, 3.05) is 5.75 Å². The van der Waals surface area contributed by atoms with Crippen LogP contribution in [0.5, 0.6) is 5.75 Å². The third-order valence-corrected chi connectivity index (χ3v) is 6.18. The Morgan fingerprint density at radius 3 is 2.52 bits per heavy atom. The van der Waals surface area contributed by atoms with Crippen LogP contribution < -0.4 is 5.43 Å². The van der Waals surface area contributed by atoms with E-state index in [1.54, 1.807) is 48.2 Å². The third kappa shape index (κ3) is 4.95. The Labute approximate surface area is 184 Å². The molecule has 1 saturated heterocycles. The molecule has 2 N–H and O–H groups in total. The first-order chi connectivity index (χ1) is 15.1. The van der Waals surface area contributed by atoms with E-state index in [2.05, 4.69) is 10.5 Å². The molecule has 2 amide bonds. The smallest absolute Gasteiger partial charge is 0.271 e. The highest BCUT2D eigenvalue weighted by Crippen LogP contribution is 2.39. The number of carbonyl (C=O) groups excluding carboxylic acids is 2. The van der Waals surface area contributed by atoms with E-state index in [4.69, 9.17) is 0 Å². The number of amides is 2. The van der Waals surface area contributed by atoms with Crippen molar-refractivity contribution in [3.63, 3.8) is 0 Å². The van der Waals surface area contributed by atoms with E-state index in [0.29, 0.717) is 23.4 Å². The molecule has 1 fully saturated rings. The highest BCUT2D eigenvalue weighted by atomic mass is 32.2. The van der Waals surface area contributed by atoms with E-state index in [-0.39, 0.29) is 22.9 Å². The van der Waals surface area contributed by atoms with Gasteiger partial charge in [0.1, 0.15) is 11.1 Å². The summed E-state index contributed by atoms with van der Waals surface area (Å²) >= 11 is 1.59. The molecule has 0 aliphatic carbocycles. The van der Waals surface area contributed by atoms with Crippen LogP contribution in [0.4, 0.5) is 0 Å². The number of thioether (sulfide) groups is 1. The zero-order valence-corrected chi connectivity index (χ0v) is 17.5.